The van der Waals surface area contributed by atoms with Crippen LogP contribution < -0.4 is 9.47 Å². The highest BCUT2D eigenvalue weighted by molar-refractivity contribution is 6.04. The van der Waals surface area contributed by atoms with Gasteiger partial charge >= 0.3 is 0 Å². The summed E-state index contributed by atoms with van der Waals surface area (Å²) in [5.41, 5.74) is 1.88. The first-order valence-corrected chi connectivity index (χ1v) is 11.3. The van der Waals surface area contributed by atoms with Gasteiger partial charge in [0.2, 0.25) is 11.8 Å². The summed E-state index contributed by atoms with van der Waals surface area (Å²) < 4.78 is 11.7. The Labute approximate surface area is 174 Å². The number of unbranched alkanes of at least 4 members (excludes halogenated alkanes) is 7. The average molecular weight is 395 g/mol. The van der Waals surface area contributed by atoms with Crippen molar-refractivity contribution >= 4 is 21.8 Å². The van der Waals surface area contributed by atoms with Crippen LogP contribution in [0.4, 0.5) is 0 Å². The average Bonchev–Trinajstić information content (AvgIpc) is 2.75. The maximum Gasteiger partial charge on any atom is 0.213 e. The highest BCUT2D eigenvalue weighted by Gasteiger charge is 2.06. The van der Waals surface area contributed by atoms with Crippen LogP contribution >= 0.6 is 0 Å². The predicted molar refractivity (Wildman–Crippen MR) is 121 cm³/mol. The Morgan fingerprint density at radius 3 is 1.55 bits per heavy atom. The van der Waals surface area contributed by atoms with Crippen molar-refractivity contribution in [2.45, 2.75) is 71.6 Å². The maximum atomic E-state index is 5.87. The van der Waals surface area contributed by atoms with Crippen LogP contribution in [0.25, 0.3) is 21.8 Å². The lowest BCUT2D eigenvalue weighted by Crippen LogP contribution is -2.00. The Bertz CT molecular complexity index is 895. The van der Waals surface area contributed by atoms with Gasteiger partial charge < -0.3 is 9.47 Å². The van der Waals surface area contributed by atoms with Crippen LogP contribution in [0.5, 0.6) is 11.8 Å². The molecule has 0 bridgehead atoms. The first kappa shape index (κ1) is 21.4. The van der Waals surface area contributed by atoms with E-state index in [1.54, 1.807) is 0 Å². The summed E-state index contributed by atoms with van der Waals surface area (Å²) in [4.78, 5) is 9.34. The topological polar surface area (TPSA) is 44.2 Å². The van der Waals surface area contributed by atoms with Gasteiger partial charge in [-0.25, -0.2) is 9.97 Å². The summed E-state index contributed by atoms with van der Waals surface area (Å²) >= 11 is 0. The van der Waals surface area contributed by atoms with Gasteiger partial charge in [0, 0.05) is 22.9 Å². The molecule has 2 aromatic heterocycles. The molecule has 0 atom stereocenters. The Hall–Kier alpha value is -2.36. The standard InChI is InChI=1S/C25H34N2O2/c1-3-5-7-8-9-11-19-29-25-17-13-21-20-12-16-24(28-18-10-6-4-2)26-22(20)14-15-23(21)27-25/h12-17H,3-11,18-19H2,1-2H3. The number of fused-ring (bicyclic) bond motifs is 3. The minimum absolute atomic E-state index is 0.694. The van der Waals surface area contributed by atoms with Gasteiger partial charge in [-0.3, -0.25) is 0 Å². The van der Waals surface area contributed by atoms with E-state index in [0.29, 0.717) is 11.8 Å². The van der Waals surface area contributed by atoms with Crippen molar-refractivity contribution in [1.82, 2.24) is 9.97 Å². The molecule has 3 rings (SSSR count). The third-order valence-electron chi connectivity index (χ3n) is 5.23. The van der Waals surface area contributed by atoms with Crippen molar-refractivity contribution < 1.29 is 9.47 Å². The molecule has 0 aliphatic heterocycles. The quantitative estimate of drug-likeness (QED) is 0.229. The molecule has 0 N–H and O–H groups in total. The molecule has 4 heteroatoms. The summed E-state index contributed by atoms with van der Waals surface area (Å²) in [6.45, 7) is 5.90. The zero-order chi connectivity index (χ0) is 20.3. The second-order valence-electron chi connectivity index (χ2n) is 7.67. The number of pyridine rings is 2. The largest absolute Gasteiger partial charge is 0.478 e. The van der Waals surface area contributed by atoms with Crippen molar-refractivity contribution in [2.24, 2.45) is 0 Å². The molecule has 0 aliphatic rings. The third-order valence-corrected chi connectivity index (χ3v) is 5.23. The smallest absolute Gasteiger partial charge is 0.213 e. The molecule has 0 amide bonds. The Balaban J connectivity index is 1.60. The molecule has 0 fully saturated rings. The summed E-state index contributed by atoms with van der Waals surface area (Å²) in [6.07, 6.45) is 11.0. The second kappa shape index (κ2) is 11.6. The fraction of sp³-hybridized carbons (Fsp3) is 0.520. The number of hydrogen-bond acceptors (Lipinski definition) is 4. The zero-order valence-corrected chi connectivity index (χ0v) is 18.0. The molecule has 0 saturated heterocycles. The van der Waals surface area contributed by atoms with E-state index in [9.17, 15) is 0 Å². The molecular weight excluding hydrogens is 360 g/mol. The fourth-order valence-electron chi connectivity index (χ4n) is 3.53. The van der Waals surface area contributed by atoms with Crippen LogP contribution in [0.3, 0.4) is 0 Å². The van der Waals surface area contributed by atoms with Gasteiger partial charge in [-0.1, -0.05) is 58.8 Å². The molecule has 3 aromatic rings. The molecule has 29 heavy (non-hydrogen) atoms. The molecule has 0 radical (unpaired) electrons. The van der Waals surface area contributed by atoms with Crippen LogP contribution in [-0.4, -0.2) is 23.2 Å². The minimum atomic E-state index is 0.694. The van der Waals surface area contributed by atoms with E-state index in [2.05, 4.69) is 35.9 Å². The first-order chi connectivity index (χ1) is 14.3. The number of rotatable bonds is 13. The number of hydrogen-bond donors (Lipinski definition) is 0. The monoisotopic (exact) mass is 394 g/mol. The Morgan fingerprint density at radius 1 is 0.552 bits per heavy atom. The van der Waals surface area contributed by atoms with Gasteiger partial charge in [-0.05, 0) is 37.1 Å². The van der Waals surface area contributed by atoms with E-state index in [0.717, 1.165) is 47.9 Å². The predicted octanol–water partition coefficient (Wildman–Crippen LogP) is 7.09. The molecule has 156 valence electrons. The van der Waals surface area contributed by atoms with Gasteiger partial charge in [0.25, 0.3) is 0 Å². The van der Waals surface area contributed by atoms with Crippen LogP contribution in [0.15, 0.2) is 36.4 Å². The summed E-state index contributed by atoms with van der Waals surface area (Å²) in [6, 6.07) is 12.1. The summed E-state index contributed by atoms with van der Waals surface area (Å²) in [5.74, 6) is 1.40. The molecule has 1 aromatic carbocycles. The molecule has 0 aliphatic carbocycles. The highest BCUT2D eigenvalue weighted by atomic mass is 16.5. The second-order valence-corrected chi connectivity index (χ2v) is 7.67. The summed E-state index contributed by atoms with van der Waals surface area (Å²) in [7, 11) is 0. The van der Waals surface area contributed by atoms with E-state index < -0.39 is 0 Å². The van der Waals surface area contributed by atoms with Crippen molar-refractivity contribution in [3.63, 3.8) is 0 Å². The number of aromatic nitrogens is 2. The van der Waals surface area contributed by atoms with Crippen molar-refractivity contribution in [1.29, 1.82) is 0 Å². The van der Waals surface area contributed by atoms with Crippen LogP contribution in [0.1, 0.15) is 71.6 Å². The Morgan fingerprint density at radius 2 is 1.00 bits per heavy atom. The molecule has 2 heterocycles. The van der Waals surface area contributed by atoms with Crippen LogP contribution in [0, 0.1) is 0 Å². The first-order valence-electron chi connectivity index (χ1n) is 11.3. The zero-order valence-electron chi connectivity index (χ0n) is 18.0. The molecular formula is C25H34N2O2. The number of ether oxygens (including phenoxy) is 2. The van der Waals surface area contributed by atoms with E-state index in [4.69, 9.17) is 9.47 Å². The van der Waals surface area contributed by atoms with E-state index in [1.165, 1.54) is 44.9 Å². The van der Waals surface area contributed by atoms with Gasteiger partial charge in [0.15, 0.2) is 0 Å². The normalized spacial score (nSPS) is 11.2. The van der Waals surface area contributed by atoms with E-state index in [-0.39, 0.29) is 0 Å². The van der Waals surface area contributed by atoms with Crippen molar-refractivity contribution in [3.8, 4) is 11.8 Å². The van der Waals surface area contributed by atoms with Gasteiger partial charge in [-0.15, -0.1) is 0 Å². The Kier molecular flexibility index (Phi) is 8.54. The van der Waals surface area contributed by atoms with Crippen LogP contribution in [-0.2, 0) is 0 Å². The van der Waals surface area contributed by atoms with Crippen molar-refractivity contribution in [3.05, 3.63) is 36.4 Å². The number of nitrogens with zero attached hydrogens (tertiary/aromatic N) is 2. The number of benzene rings is 1. The van der Waals surface area contributed by atoms with Crippen molar-refractivity contribution in [2.75, 3.05) is 13.2 Å². The van der Waals surface area contributed by atoms with E-state index in [1.807, 2.05) is 24.3 Å². The van der Waals surface area contributed by atoms with Gasteiger partial charge in [-0.2, -0.15) is 0 Å². The third kappa shape index (κ3) is 6.31. The summed E-state index contributed by atoms with van der Waals surface area (Å²) in [5, 5.41) is 2.19. The van der Waals surface area contributed by atoms with Gasteiger partial charge in [0.1, 0.15) is 0 Å². The molecule has 0 unspecified atom stereocenters. The van der Waals surface area contributed by atoms with E-state index >= 15 is 0 Å². The lowest BCUT2D eigenvalue weighted by atomic mass is 10.1. The minimum Gasteiger partial charge on any atom is -0.478 e. The highest BCUT2D eigenvalue weighted by Crippen LogP contribution is 2.27. The lowest BCUT2D eigenvalue weighted by molar-refractivity contribution is 0.294. The van der Waals surface area contributed by atoms with Crippen LogP contribution in [0.2, 0.25) is 0 Å². The molecule has 0 saturated carbocycles. The fourth-order valence-corrected chi connectivity index (χ4v) is 3.53. The van der Waals surface area contributed by atoms with Gasteiger partial charge in [0.05, 0.1) is 24.2 Å². The lowest BCUT2D eigenvalue weighted by Gasteiger charge is -2.09. The SMILES string of the molecule is CCCCCCCCOc1ccc2c(ccc3nc(OCCCCC)ccc32)n1. The molecule has 4 nitrogen and oxygen atoms in total. The maximum absolute atomic E-state index is 5.87. The molecule has 0 spiro atoms.